The van der Waals surface area contributed by atoms with Crippen molar-refractivity contribution in [2.75, 3.05) is 44.7 Å². The summed E-state index contributed by atoms with van der Waals surface area (Å²) >= 11 is 0. The Labute approximate surface area is 145 Å². The summed E-state index contributed by atoms with van der Waals surface area (Å²) in [6.07, 6.45) is 1.74. The van der Waals surface area contributed by atoms with Gasteiger partial charge >= 0.3 is 0 Å². The summed E-state index contributed by atoms with van der Waals surface area (Å²) in [4.78, 5) is 20.2. The quantitative estimate of drug-likeness (QED) is 0.919. The van der Waals surface area contributed by atoms with Crippen molar-refractivity contribution in [3.05, 3.63) is 35.0 Å². The van der Waals surface area contributed by atoms with Gasteiger partial charge in [-0.25, -0.2) is 0 Å². The number of nitrogens with zero attached hydrogens (tertiary/aromatic N) is 2. The van der Waals surface area contributed by atoms with Crippen LogP contribution in [0.4, 0.5) is 0 Å². The number of fused-ring (bicyclic) bond motifs is 1. The lowest BCUT2D eigenvalue weighted by molar-refractivity contribution is 0.0639. The Bertz CT molecular complexity index is 776. The zero-order chi connectivity index (χ0) is 17.3. The predicted molar refractivity (Wildman–Crippen MR) is 99.0 cm³/mol. The number of aromatic nitrogens is 1. The molecule has 5 nitrogen and oxygen atoms in total. The first-order valence-corrected chi connectivity index (χ1v) is 10.1. The third-order valence-corrected chi connectivity index (χ3v) is 5.43. The number of carbonyl (C=O) groups is 1. The largest absolute Gasteiger partial charge is 0.351 e. The van der Waals surface area contributed by atoms with Gasteiger partial charge in [-0.05, 0) is 37.1 Å². The van der Waals surface area contributed by atoms with Crippen LogP contribution in [0.5, 0.6) is 0 Å². The van der Waals surface area contributed by atoms with Gasteiger partial charge in [-0.2, -0.15) is 0 Å². The summed E-state index contributed by atoms with van der Waals surface area (Å²) in [5.74, 6) is 0.774. The minimum absolute atomic E-state index is 0.0713. The Morgan fingerprint density at radius 3 is 2.54 bits per heavy atom. The van der Waals surface area contributed by atoms with E-state index in [4.69, 9.17) is 0 Å². The van der Waals surface area contributed by atoms with E-state index in [-0.39, 0.29) is 5.91 Å². The number of aryl methyl sites for hydroxylation is 2. The maximum absolute atomic E-state index is 12.8. The normalized spacial score (nSPS) is 17.4. The molecule has 0 aliphatic carbocycles. The van der Waals surface area contributed by atoms with Crippen LogP contribution >= 0.6 is 0 Å². The molecule has 1 aromatic carbocycles. The van der Waals surface area contributed by atoms with E-state index in [0.717, 1.165) is 43.6 Å². The third-order valence-electron chi connectivity index (χ3n) is 4.67. The number of amides is 1. The van der Waals surface area contributed by atoms with Crippen LogP contribution in [-0.2, 0) is 10.8 Å². The molecule has 0 radical (unpaired) electrons. The lowest BCUT2D eigenvalue weighted by atomic mass is 10.1. The second-order valence-electron chi connectivity index (χ2n) is 6.64. The number of H-pyrrole nitrogens is 1. The summed E-state index contributed by atoms with van der Waals surface area (Å²) in [6, 6.07) is 6.20. The Morgan fingerprint density at radius 1 is 1.17 bits per heavy atom. The Hall–Kier alpha value is -1.66. The van der Waals surface area contributed by atoms with E-state index < -0.39 is 10.8 Å². The number of aromatic amines is 1. The Balaban J connectivity index is 1.67. The van der Waals surface area contributed by atoms with Gasteiger partial charge in [-0.3, -0.25) is 13.9 Å². The van der Waals surface area contributed by atoms with Gasteiger partial charge in [-0.15, -0.1) is 0 Å². The number of carbonyl (C=O) groups excluding carboxylic acids is 1. The molecule has 1 amide bonds. The second-order valence-corrected chi connectivity index (χ2v) is 8.19. The molecule has 1 fully saturated rings. The monoisotopic (exact) mass is 347 g/mol. The molecule has 6 heteroatoms. The van der Waals surface area contributed by atoms with E-state index in [1.807, 2.05) is 11.0 Å². The summed E-state index contributed by atoms with van der Waals surface area (Å²) in [7, 11) is -0.755. The molecule has 1 aromatic heterocycles. The van der Waals surface area contributed by atoms with Crippen LogP contribution in [0.25, 0.3) is 10.9 Å². The average molecular weight is 347 g/mol. The SMILES string of the molecule is Cc1cc(C)c2cc(C(=O)N3CCN(CCS(C)=O)CC3)[nH]c2c1. The highest BCUT2D eigenvalue weighted by Gasteiger charge is 2.23. The molecule has 130 valence electrons. The molecule has 24 heavy (non-hydrogen) atoms. The van der Waals surface area contributed by atoms with Gasteiger partial charge in [0.1, 0.15) is 5.69 Å². The van der Waals surface area contributed by atoms with Gasteiger partial charge in [0, 0.05) is 66.4 Å². The molecule has 1 saturated heterocycles. The Kier molecular flexibility index (Phi) is 5.06. The molecule has 1 atom stereocenters. The summed E-state index contributed by atoms with van der Waals surface area (Å²) in [6.45, 7) is 8.13. The first-order valence-electron chi connectivity index (χ1n) is 8.35. The van der Waals surface area contributed by atoms with Crippen LogP contribution in [0.3, 0.4) is 0 Å². The van der Waals surface area contributed by atoms with E-state index in [9.17, 15) is 9.00 Å². The minimum atomic E-state index is -0.755. The minimum Gasteiger partial charge on any atom is -0.351 e. The molecular formula is C18H25N3O2S. The van der Waals surface area contributed by atoms with Gasteiger partial charge in [-0.1, -0.05) is 6.07 Å². The molecule has 0 saturated carbocycles. The van der Waals surface area contributed by atoms with Crippen LogP contribution < -0.4 is 0 Å². The number of rotatable bonds is 4. The van der Waals surface area contributed by atoms with Crippen molar-refractivity contribution >= 4 is 27.6 Å². The van der Waals surface area contributed by atoms with Crippen LogP contribution in [0.15, 0.2) is 18.2 Å². The number of hydrogen-bond donors (Lipinski definition) is 1. The molecule has 1 aliphatic rings. The van der Waals surface area contributed by atoms with E-state index in [1.165, 1.54) is 11.1 Å². The van der Waals surface area contributed by atoms with Crippen molar-refractivity contribution in [2.45, 2.75) is 13.8 Å². The fraction of sp³-hybridized carbons (Fsp3) is 0.500. The van der Waals surface area contributed by atoms with E-state index in [0.29, 0.717) is 11.4 Å². The lowest BCUT2D eigenvalue weighted by Gasteiger charge is -2.34. The van der Waals surface area contributed by atoms with Crippen LogP contribution in [0, 0.1) is 13.8 Å². The second kappa shape index (κ2) is 7.07. The molecule has 2 heterocycles. The van der Waals surface area contributed by atoms with Gasteiger partial charge in [0.2, 0.25) is 0 Å². The third kappa shape index (κ3) is 3.70. The Morgan fingerprint density at radius 2 is 1.88 bits per heavy atom. The summed E-state index contributed by atoms with van der Waals surface area (Å²) < 4.78 is 11.2. The molecule has 0 spiro atoms. The van der Waals surface area contributed by atoms with Crippen LogP contribution in [-0.4, -0.2) is 69.6 Å². The molecule has 3 rings (SSSR count). The maximum atomic E-state index is 12.8. The average Bonchev–Trinajstić information content (AvgIpc) is 2.97. The maximum Gasteiger partial charge on any atom is 0.270 e. The smallest absolute Gasteiger partial charge is 0.270 e. The molecular weight excluding hydrogens is 322 g/mol. The standard InChI is InChI=1S/C18H25N3O2S/c1-13-10-14(2)15-12-17(19-16(15)11-13)18(22)21-6-4-20(5-7-21)8-9-24(3)23/h10-12,19H,4-9H2,1-3H3. The highest BCUT2D eigenvalue weighted by molar-refractivity contribution is 7.84. The van der Waals surface area contributed by atoms with Crippen molar-refractivity contribution in [2.24, 2.45) is 0 Å². The molecule has 1 aliphatic heterocycles. The fourth-order valence-electron chi connectivity index (χ4n) is 3.32. The highest BCUT2D eigenvalue weighted by Crippen LogP contribution is 2.22. The summed E-state index contributed by atoms with van der Waals surface area (Å²) in [5, 5.41) is 1.12. The van der Waals surface area contributed by atoms with Gasteiger partial charge in [0.25, 0.3) is 5.91 Å². The van der Waals surface area contributed by atoms with Crippen LogP contribution in [0.1, 0.15) is 21.6 Å². The first-order chi connectivity index (χ1) is 11.4. The van der Waals surface area contributed by atoms with Crippen molar-refractivity contribution in [1.82, 2.24) is 14.8 Å². The topological polar surface area (TPSA) is 56.4 Å². The molecule has 1 N–H and O–H groups in total. The zero-order valence-corrected chi connectivity index (χ0v) is 15.4. The van der Waals surface area contributed by atoms with E-state index in [1.54, 1.807) is 6.26 Å². The van der Waals surface area contributed by atoms with Gasteiger partial charge < -0.3 is 9.88 Å². The lowest BCUT2D eigenvalue weighted by Crippen LogP contribution is -2.49. The van der Waals surface area contributed by atoms with Crippen molar-refractivity contribution in [3.8, 4) is 0 Å². The zero-order valence-electron chi connectivity index (χ0n) is 14.6. The molecule has 1 unspecified atom stereocenters. The van der Waals surface area contributed by atoms with E-state index >= 15 is 0 Å². The predicted octanol–water partition coefficient (Wildman–Crippen LogP) is 1.92. The molecule has 0 bridgehead atoms. The summed E-state index contributed by atoms with van der Waals surface area (Å²) in [5.41, 5.74) is 4.09. The van der Waals surface area contributed by atoms with Crippen molar-refractivity contribution < 1.29 is 9.00 Å². The fourth-order valence-corrected chi connectivity index (χ4v) is 3.83. The first kappa shape index (κ1) is 17.2. The number of benzene rings is 1. The van der Waals surface area contributed by atoms with Gasteiger partial charge in [0.15, 0.2) is 0 Å². The number of hydrogen-bond acceptors (Lipinski definition) is 3. The van der Waals surface area contributed by atoms with Gasteiger partial charge in [0.05, 0.1) is 0 Å². The highest BCUT2D eigenvalue weighted by atomic mass is 32.2. The van der Waals surface area contributed by atoms with E-state index in [2.05, 4.69) is 35.9 Å². The number of piperazine rings is 1. The molecule has 2 aromatic rings. The van der Waals surface area contributed by atoms with Crippen molar-refractivity contribution in [3.63, 3.8) is 0 Å². The van der Waals surface area contributed by atoms with Crippen molar-refractivity contribution in [1.29, 1.82) is 0 Å². The number of nitrogens with one attached hydrogen (secondary N) is 1. The van der Waals surface area contributed by atoms with Crippen LogP contribution in [0.2, 0.25) is 0 Å².